The fraction of sp³-hybridized carbons (Fsp3) is 0.500. The average molecular weight is 320 g/mol. The van der Waals surface area contributed by atoms with Crippen molar-refractivity contribution in [2.24, 2.45) is 0 Å². The normalized spacial score (nSPS) is 10.9. The van der Waals surface area contributed by atoms with Crippen molar-refractivity contribution in [1.29, 1.82) is 0 Å². The second-order valence-electron chi connectivity index (χ2n) is 4.66. The molecule has 0 bridgehead atoms. The summed E-state index contributed by atoms with van der Waals surface area (Å²) in [4.78, 5) is 13.6. The summed E-state index contributed by atoms with van der Waals surface area (Å²) in [5.41, 5.74) is 0. The van der Waals surface area contributed by atoms with E-state index in [1.165, 1.54) is 0 Å². The zero-order chi connectivity index (χ0) is 15.1. The number of benzene rings is 1. The van der Waals surface area contributed by atoms with Crippen LogP contribution in [0.25, 0.3) is 0 Å². The molecule has 1 aromatic carbocycles. The maximum absolute atomic E-state index is 11.5. The molecular weight excluding hydrogens is 301 g/mol. The van der Waals surface area contributed by atoms with Gasteiger partial charge in [-0.05, 0) is 39.1 Å². The Labute approximate surface area is 129 Å². The SMILES string of the molecule is CC(C)N(C)CCOC(=O)COc1ccc(Cl)cc1Cl. The van der Waals surface area contributed by atoms with Crippen LogP contribution in [0.5, 0.6) is 5.75 Å². The third kappa shape index (κ3) is 5.99. The van der Waals surface area contributed by atoms with Gasteiger partial charge in [0, 0.05) is 17.6 Å². The van der Waals surface area contributed by atoms with Crippen LogP contribution >= 0.6 is 23.2 Å². The number of likely N-dealkylation sites (N-methyl/N-ethyl adjacent to an activating group) is 1. The van der Waals surface area contributed by atoms with Crippen molar-refractivity contribution in [3.05, 3.63) is 28.2 Å². The van der Waals surface area contributed by atoms with Crippen molar-refractivity contribution < 1.29 is 14.3 Å². The van der Waals surface area contributed by atoms with Crippen LogP contribution in [0.15, 0.2) is 18.2 Å². The van der Waals surface area contributed by atoms with E-state index in [2.05, 4.69) is 18.7 Å². The van der Waals surface area contributed by atoms with E-state index in [-0.39, 0.29) is 6.61 Å². The van der Waals surface area contributed by atoms with Gasteiger partial charge in [-0.3, -0.25) is 0 Å². The molecule has 112 valence electrons. The zero-order valence-electron chi connectivity index (χ0n) is 11.9. The maximum atomic E-state index is 11.5. The van der Waals surface area contributed by atoms with E-state index < -0.39 is 5.97 Å². The van der Waals surface area contributed by atoms with E-state index in [1.54, 1.807) is 18.2 Å². The van der Waals surface area contributed by atoms with E-state index in [4.69, 9.17) is 32.7 Å². The molecule has 1 rings (SSSR count). The van der Waals surface area contributed by atoms with Gasteiger partial charge in [0.25, 0.3) is 0 Å². The van der Waals surface area contributed by atoms with Crippen LogP contribution in [0.3, 0.4) is 0 Å². The first kappa shape index (κ1) is 17.1. The number of ether oxygens (including phenoxy) is 2. The molecule has 0 amide bonds. The summed E-state index contributed by atoms with van der Waals surface area (Å²) in [7, 11) is 1.97. The lowest BCUT2D eigenvalue weighted by molar-refractivity contribution is -0.146. The predicted octanol–water partition coefficient (Wildman–Crippen LogP) is 3.26. The van der Waals surface area contributed by atoms with Crippen LogP contribution in [0.2, 0.25) is 10.0 Å². The minimum atomic E-state index is -0.423. The van der Waals surface area contributed by atoms with Gasteiger partial charge in [-0.2, -0.15) is 0 Å². The summed E-state index contributed by atoms with van der Waals surface area (Å²) in [5.74, 6) is -0.0134. The van der Waals surface area contributed by atoms with Gasteiger partial charge in [-0.1, -0.05) is 23.2 Å². The molecule has 0 N–H and O–H groups in total. The monoisotopic (exact) mass is 319 g/mol. The summed E-state index contributed by atoms with van der Waals surface area (Å²) in [5, 5.41) is 0.881. The molecule has 20 heavy (non-hydrogen) atoms. The van der Waals surface area contributed by atoms with Crippen molar-refractivity contribution in [3.63, 3.8) is 0 Å². The standard InChI is InChI=1S/C14H19Cl2NO3/c1-10(2)17(3)6-7-19-14(18)9-20-13-5-4-11(15)8-12(13)16/h4-5,8,10H,6-7,9H2,1-3H3. The minimum Gasteiger partial charge on any atom is -0.480 e. The fourth-order valence-electron chi connectivity index (χ4n) is 1.33. The Bertz CT molecular complexity index is 452. The lowest BCUT2D eigenvalue weighted by Gasteiger charge is -2.20. The van der Waals surface area contributed by atoms with E-state index >= 15 is 0 Å². The number of hydrogen-bond donors (Lipinski definition) is 0. The lowest BCUT2D eigenvalue weighted by Crippen LogP contribution is -2.31. The highest BCUT2D eigenvalue weighted by Gasteiger charge is 2.09. The van der Waals surface area contributed by atoms with Gasteiger partial charge in [0.05, 0.1) is 5.02 Å². The molecule has 0 spiro atoms. The Balaban J connectivity index is 2.29. The van der Waals surface area contributed by atoms with Crippen LogP contribution in [0.1, 0.15) is 13.8 Å². The summed E-state index contributed by atoms with van der Waals surface area (Å²) in [6.07, 6.45) is 0. The number of esters is 1. The van der Waals surface area contributed by atoms with Gasteiger partial charge < -0.3 is 14.4 Å². The Morgan fingerprint density at radius 1 is 1.35 bits per heavy atom. The largest absolute Gasteiger partial charge is 0.480 e. The molecule has 0 atom stereocenters. The number of halogens is 2. The van der Waals surface area contributed by atoms with E-state index in [0.717, 1.165) is 0 Å². The third-order valence-corrected chi connectivity index (χ3v) is 3.36. The number of nitrogens with zero attached hydrogens (tertiary/aromatic N) is 1. The summed E-state index contributed by atoms with van der Waals surface area (Å²) in [6.45, 7) is 5.00. The molecule has 0 aliphatic heterocycles. The van der Waals surface area contributed by atoms with Crippen molar-refractivity contribution >= 4 is 29.2 Å². The molecule has 0 saturated heterocycles. The molecule has 4 nitrogen and oxygen atoms in total. The third-order valence-electron chi connectivity index (χ3n) is 2.83. The molecule has 6 heteroatoms. The van der Waals surface area contributed by atoms with Gasteiger partial charge in [0.2, 0.25) is 0 Å². The van der Waals surface area contributed by atoms with E-state index in [1.807, 2.05) is 7.05 Å². The summed E-state index contributed by atoms with van der Waals surface area (Å²) in [6, 6.07) is 5.23. The summed E-state index contributed by atoms with van der Waals surface area (Å²) >= 11 is 11.7. The Morgan fingerprint density at radius 2 is 2.05 bits per heavy atom. The van der Waals surface area contributed by atoms with Crippen LogP contribution < -0.4 is 4.74 Å². The Hall–Kier alpha value is -0.970. The van der Waals surface area contributed by atoms with Gasteiger partial charge in [-0.15, -0.1) is 0 Å². The van der Waals surface area contributed by atoms with E-state index in [0.29, 0.717) is 35.0 Å². The highest BCUT2D eigenvalue weighted by molar-refractivity contribution is 6.35. The predicted molar refractivity (Wildman–Crippen MR) is 80.7 cm³/mol. The van der Waals surface area contributed by atoms with Crippen LogP contribution in [-0.2, 0) is 9.53 Å². The first-order valence-corrected chi connectivity index (χ1v) is 7.09. The maximum Gasteiger partial charge on any atom is 0.344 e. The summed E-state index contributed by atoms with van der Waals surface area (Å²) < 4.78 is 10.4. The molecule has 0 fully saturated rings. The van der Waals surface area contributed by atoms with Gasteiger partial charge >= 0.3 is 5.97 Å². The van der Waals surface area contributed by atoms with Gasteiger partial charge in [0.1, 0.15) is 12.4 Å². The Kier molecular flexibility index (Phi) is 7.13. The molecule has 0 heterocycles. The topological polar surface area (TPSA) is 38.8 Å². The highest BCUT2D eigenvalue weighted by Crippen LogP contribution is 2.27. The number of hydrogen-bond acceptors (Lipinski definition) is 4. The lowest BCUT2D eigenvalue weighted by atomic mass is 10.3. The molecule has 0 aromatic heterocycles. The average Bonchev–Trinajstić information content (AvgIpc) is 2.37. The first-order chi connectivity index (χ1) is 9.40. The van der Waals surface area contributed by atoms with Crippen LogP contribution in [0, 0.1) is 0 Å². The second kappa shape index (κ2) is 8.35. The van der Waals surface area contributed by atoms with Crippen LogP contribution in [-0.4, -0.2) is 43.7 Å². The van der Waals surface area contributed by atoms with Gasteiger partial charge in [-0.25, -0.2) is 4.79 Å². The molecular formula is C14H19Cl2NO3. The minimum absolute atomic E-state index is 0.174. The number of carbonyl (C=O) groups is 1. The molecule has 0 unspecified atom stereocenters. The van der Waals surface area contributed by atoms with Crippen molar-refractivity contribution in [3.8, 4) is 5.75 Å². The fourth-order valence-corrected chi connectivity index (χ4v) is 1.80. The van der Waals surface area contributed by atoms with Gasteiger partial charge in [0.15, 0.2) is 6.61 Å². The van der Waals surface area contributed by atoms with Crippen molar-refractivity contribution in [2.45, 2.75) is 19.9 Å². The molecule has 1 aromatic rings. The van der Waals surface area contributed by atoms with Crippen molar-refractivity contribution in [1.82, 2.24) is 4.90 Å². The smallest absolute Gasteiger partial charge is 0.344 e. The number of carbonyl (C=O) groups excluding carboxylic acids is 1. The molecule has 0 aliphatic rings. The quantitative estimate of drug-likeness (QED) is 0.723. The van der Waals surface area contributed by atoms with Crippen LogP contribution in [0.4, 0.5) is 0 Å². The second-order valence-corrected chi connectivity index (χ2v) is 5.50. The van der Waals surface area contributed by atoms with Crippen molar-refractivity contribution in [2.75, 3.05) is 26.8 Å². The molecule has 0 aliphatic carbocycles. The Morgan fingerprint density at radius 3 is 2.65 bits per heavy atom. The zero-order valence-corrected chi connectivity index (χ0v) is 13.4. The first-order valence-electron chi connectivity index (χ1n) is 6.34. The molecule has 0 radical (unpaired) electrons. The van der Waals surface area contributed by atoms with E-state index in [9.17, 15) is 4.79 Å². The highest BCUT2D eigenvalue weighted by atomic mass is 35.5. The molecule has 0 saturated carbocycles. The number of rotatable bonds is 7.